The maximum absolute atomic E-state index is 14.5. The molecule has 0 radical (unpaired) electrons. The highest BCUT2D eigenvalue weighted by molar-refractivity contribution is 5.84. The lowest BCUT2D eigenvalue weighted by Crippen LogP contribution is -2.56. The first-order valence-electron chi connectivity index (χ1n) is 46.6. The zero-order chi connectivity index (χ0) is 70.6. The van der Waals surface area contributed by atoms with Crippen LogP contribution in [0.5, 0.6) is 0 Å². The first-order valence-corrected chi connectivity index (χ1v) is 46.6. The Kier molecular flexibility index (Phi) is 50.5. The number of ketones is 4. The van der Waals surface area contributed by atoms with Gasteiger partial charge in [0.25, 0.3) is 0 Å². The summed E-state index contributed by atoms with van der Waals surface area (Å²) < 4.78 is 0. The number of hydrogen-bond acceptors (Lipinski definition) is 7. The van der Waals surface area contributed by atoms with Crippen molar-refractivity contribution in [3.8, 4) is 0 Å². The van der Waals surface area contributed by atoms with Gasteiger partial charge in [-0.2, -0.15) is 0 Å². The van der Waals surface area contributed by atoms with Crippen molar-refractivity contribution >= 4 is 23.1 Å². The number of fused-ring (bicyclic) bond motifs is 3. The van der Waals surface area contributed by atoms with E-state index in [1.807, 2.05) is 0 Å². The number of piperidine rings is 3. The van der Waals surface area contributed by atoms with Crippen LogP contribution in [-0.2, 0) is 19.2 Å². The summed E-state index contributed by atoms with van der Waals surface area (Å²) in [4.78, 5) is 56.1. The van der Waals surface area contributed by atoms with Gasteiger partial charge in [0.05, 0.1) is 0 Å². The summed E-state index contributed by atoms with van der Waals surface area (Å²) in [6.45, 7) is 9.38. The van der Waals surface area contributed by atoms with Crippen molar-refractivity contribution in [3.63, 3.8) is 0 Å². The van der Waals surface area contributed by atoms with Gasteiger partial charge in [-0.25, -0.2) is 0 Å². The van der Waals surface area contributed by atoms with E-state index in [1.54, 1.807) is 0 Å². The Morgan fingerprint density at radius 3 is 0.800 bits per heavy atom. The Hall–Kier alpha value is -1.44. The van der Waals surface area contributed by atoms with Crippen LogP contribution >= 0.6 is 0 Å². The van der Waals surface area contributed by atoms with Gasteiger partial charge in [0.2, 0.25) is 0 Å². The van der Waals surface area contributed by atoms with Crippen molar-refractivity contribution in [2.24, 2.45) is 59.2 Å². The van der Waals surface area contributed by atoms with Crippen LogP contribution in [0.25, 0.3) is 0 Å². The van der Waals surface area contributed by atoms with E-state index in [1.165, 1.54) is 360 Å². The van der Waals surface area contributed by atoms with E-state index >= 15 is 0 Å². The molecule has 7 heteroatoms. The molecule has 7 nitrogen and oxygen atoms in total. The molecule has 0 aromatic carbocycles. The minimum atomic E-state index is 0.0502. The molecule has 100 heavy (non-hydrogen) atoms. The molecule has 3 aliphatic heterocycles. The number of Topliss-reactive ketones (excluding diaryl/α,β-unsaturated/α-hetero) is 4. The Bertz CT molecular complexity index is 2010. The highest BCUT2D eigenvalue weighted by Gasteiger charge is 2.46. The van der Waals surface area contributed by atoms with Gasteiger partial charge in [0.1, 0.15) is 23.1 Å². The Labute approximate surface area is 622 Å². The molecular formula is C93H171N3O4. The monoisotopic (exact) mass is 1390 g/mol. The van der Waals surface area contributed by atoms with E-state index in [2.05, 4.69) is 36.7 Å². The van der Waals surface area contributed by atoms with Gasteiger partial charge < -0.3 is 16.0 Å². The number of carbonyl (C=O) groups is 4. The lowest BCUT2D eigenvalue weighted by molar-refractivity contribution is -0.130. The number of unbranched alkanes of at least 4 members (excludes halogenated alkanes) is 47. The van der Waals surface area contributed by atoms with Crippen LogP contribution in [0.1, 0.15) is 470 Å². The highest BCUT2D eigenvalue weighted by atomic mass is 16.1. The van der Waals surface area contributed by atoms with E-state index in [0.717, 1.165) is 95.7 Å². The lowest BCUT2D eigenvalue weighted by Gasteiger charge is -2.47. The summed E-state index contributed by atoms with van der Waals surface area (Å²) in [5, 5.41) is 11.9. The standard InChI is InChI=1S/C93H171N3O4/c1-4-7-10-13-16-19-22-25-28-31-34-37-40-43-46-49-58-77-60-56-62-79-71-82(74-94-91(77)79)87(97)65-52-53-66-89(99)84-73-81-69-70-85(86(93(81)96-76-84)64-51-48-45-42-39-36-33-30-27-24-21-18-15-12-9-6-3)90(100)68-55-54-67-88(98)83-72-80-63-57-61-78(92(80)95-75-83)59-50-47-44-41-38-35-32-29-26-23-20-17-14-11-8-5-2/h77-86,91-96H,4-76H2,1-3H3. The first-order chi connectivity index (χ1) is 49.3. The zero-order valence-electron chi connectivity index (χ0n) is 67.3. The van der Waals surface area contributed by atoms with Gasteiger partial charge in [0.15, 0.2) is 0 Å². The van der Waals surface area contributed by atoms with Crippen LogP contribution in [0.15, 0.2) is 0 Å². The number of nitrogens with one attached hydrogen (secondary N) is 3. The van der Waals surface area contributed by atoms with Crippen molar-refractivity contribution in [1.82, 2.24) is 16.0 Å². The summed E-state index contributed by atoms with van der Waals surface area (Å²) >= 11 is 0. The third-order valence-electron chi connectivity index (χ3n) is 27.4. The molecule has 3 N–H and O–H groups in total. The summed E-state index contributed by atoms with van der Waals surface area (Å²) in [5.41, 5.74) is 0. The van der Waals surface area contributed by atoms with Crippen LogP contribution in [0.4, 0.5) is 0 Å². The van der Waals surface area contributed by atoms with Crippen molar-refractivity contribution in [1.29, 1.82) is 0 Å². The van der Waals surface area contributed by atoms with Crippen LogP contribution < -0.4 is 16.0 Å². The smallest absolute Gasteiger partial charge is 0.137 e. The topological polar surface area (TPSA) is 104 Å². The predicted molar refractivity (Wildman–Crippen MR) is 431 cm³/mol. The average Bonchev–Trinajstić information content (AvgIpc) is 0.803. The van der Waals surface area contributed by atoms with Gasteiger partial charge in [-0.15, -0.1) is 0 Å². The average molecular weight is 1400 g/mol. The molecule has 13 unspecified atom stereocenters. The minimum Gasteiger partial charge on any atom is -0.313 e. The third kappa shape index (κ3) is 36.9. The van der Waals surface area contributed by atoms with Crippen molar-refractivity contribution < 1.29 is 19.2 Å². The fourth-order valence-corrected chi connectivity index (χ4v) is 21.1. The summed E-state index contributed by atoms with van der Waals surface area (Å²) in [6.07, 6.45) is 90.2. The second kappa shape index (κ2) is 57.7. The highest BCUT2D eigenvalue weighted by Crippen LogP contribution is 2.45. The molecule has 3 heterocycles. The van der Waals surface area contributed by atoms with Crippen LogP contribution in [-0.4, -0.2) is 60.9 Å². The predicted octanol–water partition coefficient (Wildman–Crippen LogP) is 26.7. The molecule has 0 aromatic rings. The van der Waals surface area contributed by atoms with Crippen LogP contribution in [0.2, 0.25) is 0 Å². The molecule has 6 aliphatic rings. The molecule has 0 aromatic heterocycles. The van der Waals surface area contributed by atoms with E-state index in [0.29, 0.717) is 90.6 Å². The normalized spacial score (nSPS) is 26.1. The van der Waals surface area contributed by atoms with Gasteiger partial charge in [-0.3, -0.25) is 19.2 Å². The van der Waals surface area contributed by atoms with Crippen molar-refractivity contribution in [2.75, 3.05) is 19.6 Å². The van der Waals surface area contributed by atoms with Gasteiger partial charge in [0, 0.05) is 87.1 Å². The Morgan fingerprint density at radius 2 is 0.500 bits per heavy atom. The molecule has 3 saturated carbocycles. The van der Waals surface area contributed by atoms with Crippen molar-refractivity contribution in [2.45, 2.75) is 488 Å². The molecule has 6 fully saturated rings. The molecular weight excluding hydrogens is 1220 g/mol. The van der Waals surface area contributed by atoms with Gasteiger partial charge in [-0.1, -0.05) is 342 Å². The Balaban J connectivity index is 0.836. The van der Waals surface area contributed by atoms with Gasteiger partial charge in [-0.05, 0) is 138 Å². The van der Waals surface area contributed by atoms with Crippen LogP contribution in [0.3, 0.4) is 0 Å². The van der Waals surface area contributed by atoms with E-state index in [9.17, 15) is 19.2 Å². The number of hydrogen-bond donors (Lipinski definition) is 3. The second-order valence-corrected chi connectivity index (χ2v) is 35.7. The number of rotatable bonds is 65. The summed E-state index contributed by atoms with van der Waals surface area (Å²) in [7, 11) is 0. The minimum absolute atomic E-state index is 0.0502. The maximum atomic E-state index is 14.5. The summed E-state index contributed by atoms with van der Waals surface area (Å²) in [6, 6.07) is 1.54. The van der Waals surface area contributed by atoms with Gasteiger partial charge >= 0.3 is 0 Å². The Morgan fingerprint density at radius 1 is 0.250 bits per heavy atom. The first kappa shape index (κ1) is 87.5. The zero-order valence-corrected chi connectivity index (χ0v) is 67.3. The third-order valence-corrected chi connectivity index (χ3v) is 27.4. The van der Waals surface area contributed by atoms with Crippen molar-refractivity contribution in [3.05, 3.63) is 0 Å². The quantitative estimate of drug-likeness (QED) is 0.0521. The number of carbonyl (C=O) groups excluding carboxylic acids is 4. The second-order valence-electron chi connectivity index (χ2n) is 35.7. The molecule has 0 bridgehead atoms. The van der Waals surface area contributed by atoms with Crippen LogP contribution in [0, 0.1) is 59.2 Å². The molecule has 3 aliphatic carbocycles. The largest absolute Gasteiger partial charge is 0.313 e. The SMILES string of the molecule is CCCCCCCCCCCCCCCCCCC1CCCC2CC(C(=O)CCCCC(=O)C3CNC4C(CCC(C(=O)CCCCC(=O)C5CNC6C(CCCCCCCCCCCCCCCCCC)CCCC6C5)C4CCCCCCCCCCCCCCCCCC)C3)CNC12. The molecule has 0 amide bonds. The summed E-state index contributed by atoms with van der Waals surface area (Å²) in [5.74, 6) is 5.85. The van der Waals surface area contributed by atoms with E-state index in [-0.39, 0.29) is 23.7 Å². The molecule has 0 spiro atoms. The lowest BCUT2D eigenvalue weighted by atomic mass is 9.63. The fraction of sp³-hybridized carbons (Fsp3) is 0.957. The maximum Gasteiger partial charge on any atom is 0.137 e. The molecule has 13 atom stereocenters. The molecule has 6 rings (SSSR count). The molecule has 582 valence electrons. The van der Waals surface area contributed by atoms with E-state index in [4.69, 9.17) is 0 Å². The fourth-order valence-electron chi connectivity index (χ4n) is 21.1. The van der Waals surface area contributed by atoms with E-state index < -0.39 is 0 Å². The molecule has 3 saturated heterocycles.